The van der Waals surface area contributed by atoms with Crippen LogP contribution in [0.4, 0.5) is 0 Å². The summed E-state index contributed by atoms with van der Waals surface area (Å²) in [6.07, 6.45) is -3.06. The molecule has 0 spiro atoms. The van der Waals surface area contributed by atoms with Crippen LogP contribution < -0.4 is 0 Å². The number of unbranched alkanes of at least 4 members (excludes halogenated alkanes) is 1. The van der Waals surface area contributed by atoms with Crippen LogP contribution in [0.2, 0.25) is 0 Å². The lowest BCUT2D eigenvalue weighted by Crippen LogP contribution is -2.61. The van der Waals surface area contributed by atoms with E-state index >= 15 is 0 Å². The van der Waals surface area contributed by atoms with Crippen LogP contribution in [-0.4, -0.2) is 104 Å². The zero-order chi connectivity index (χ0) is 30.4. The molecule has 1 amide bonds. The lowest BCUT2D eigenvalue weighted by Gasteiger charge is -2.38. The summed E-state index contributed by atoms with van der Waals surface area (Å²) in [7, 11) is -3.84. The number of aliphatic hydroxyl groups excluding tert-OH is 3. The predicted molar refractivity (Wildman–Crippen MR) is 150 cm³/mol. The standard InChI is InChI=1S/C29H42NO11P/c31-22(17-42(38,39)14-8-7-11-18-9-3-1-4-10-18)30-16-20(19-12-5-2-6-13-19)15-21(30)28(37)41-29-25(34)23(32)24(33)26(40-29)27(35)36/h1,3-4,9-10,19-21,23-26,29,32-34H,2,5-8,11-17H2,(H,35,36)(H,38,39)/t20-,21+,23+,24+,25-,26+,29+/m1/s1. The van der Waals surface area contributed by atoms with Gasteiger partial charge in [0.25, 0.3) is 0 Å². The van der Waals surface area contributed by atoms with Crippen LogP contribution in [0.3, 0.4) is 0 Å². The molecule has 2 heterocycles. The number of carbonyl (C=O) groups excluding carboxylic acids is 2. The fraction of sp³-hybridized carbons (Fsp3) is 0.690. The number of likely N-dealkylation sites (tertiary alicyclic amines) is 1. The summed E-state index contributed by atoms with van der Waals surface area (Å²) in [5.74, 6) is -3.00. The number of aryl methyl sites for hydroxylation is 1. The molecule has 4 rings (SSSR count). The Labute approximate surface area is 245 Å². The molecule has 8 atom stereocenters. The van der Waals surface area contributed by atoms with Crippen LogP contribution in [0.5, 0.6) is 0 Å². The number of aliphatic carboxylic acids is 1. The molecule has 0 bridgehead atoms. The molecule has 0 aromatic heterocycles. The van der Waals surface area contributed by atoms with E-state index in [1.165, 1.54) is 4.90 Å². The first-order valence-corrected chi connectivity index (χ1v) is 16.8. The third-order valence-corrected chi connectivity index (χ3v) is 10.5. The van der Waals surface area contributed by atoms with E-state index < -0.39 is 68.1 Å². The van der Waals surface area contributed by atoms with Crippen LogP contribution >= 0.6 is 7.37 Å². The highest BCUT2D eigenvalue weighted by molar-refractivity contribution is 7.58. The maximum absolute atomic E-state index is 13.4. The van der Waals surface area contributed by atoms with E-state index in [1.54, 1.807) is 0 Å². The van der Waals surface area contributed by atoms with Crippen molar-refractivity contribution in [2.75, 3.05) is 18.9 Å². The molecule has 1 saturated carbocycles. The lowest BCUT2D eigenvalue weighted by atomic mass is 9.79. The van der Waals surface area contributed by atoms with E-state index in [0.29, 0.717) is 12.8 Å². The van der Waals surface area contributed by atoms with Gasteiger partial charge in [0.1, 0.15) is 30.5 Å². The van der Waals surface area contributed by atoms with Gasteiger partial charge in [-0.1, -0.05) is 62.4 Å². The zero-order valence-electron chi connectivity index (χ0n) is 23.6. The summed E-state index contributed by atoms with van der Waals surface area (Å²) in [5.41, 5.74) is 1.12. The van der Waals surface area contributed by atoms with Gasteiger partial charge in [0.05, 0.1) is 0 Å². The first-order chi connectivity index (χ1) is 20.0. The third-order valence-electron chi connectivity index (χ3n) is 8.74. The highest BCUT2D eigenvalue weighted by atomic mass is 31.2. The number of ether oxygens (including phenoxy) is 2. The van der Waals surface area contributed by atoms with E-state index in [0.717, 1.165) is 44.1 Å². The largest absolute Gasteiger partial charge is 0.479 e. The minimum atomic E-state index is -3.84. The molecule has 1 unspecified atom stereocenters. The van der Waals surface area contributed by atoms with E-state index in [9.17, 15) is 44.3 Å². The van der Waals surface area contributed by atoms with Gasteiger partial charge in [-0.05, 0) is 43.1 Å². The average Bonchev–Trinajstić information content (AvgIpc) is 3.42. The highest BCUT2D eigenvalue weighted by Crippen LogP contribution is 2.44. The second-order valence-corrected chi connectivity index (χ2v) is 14.3. The fourth-order valence-electron chi connectivity index (χ4n) is 6.37. The number of hydrogen-bond donors (Lipinski definition) is 5. The van der Waals surface area contributed by atoms with Crippen molar-refractivity contribution in [2.24, 2.45) is 11.8 Å². The second kappa shape index (κ2) is 14.4. The third kappa shape index (κ3) is 8.18. The molecule has 0 radical (unpaired) electrons. The monoisotopic (exact) mass is 611 g/mol. The van der Waals surface area contributed by atoms with Crippen molar-refractivity contribution in [3.63, 3.8) is 0 Å². The summed E-state index contributed by atoms with van der Waals surface area (Å²) in [5, 5.41) is 39.6. The van der Waals surface area contributed by atoms with E-state index in [-0.39, 0.29) is 31.0 Å². The number of hydrogen-bond acceptors (Lipinski definition) is 9. The van der Waals surface area contributed by atoms with Gasteiger partial charge in [-0.15, -0.1) is 0 Å². The van der Waals surface area contributed by atoms with Crippen molar-refractivity contribution in [1.29, 1.82) is 0 Å². The zero-order valence-corrected chi connectivity index (χ0v) is 24.5. The SMILES string of the molecule is O=C(O)[C@H]1O[C@@H](OC(=O)[C@@H]2C[C@@H](C3CCCCC3)CN2C(=O)CP(=O)(O)CCCCc2ccccc2)[C@H](O)[C@@H](O)[C@@H]1O. The maximum atomic E-state index is 13.4. The normalized spacial score (nSPS) is 31.8. The van der Waals surface area contributed by atoms with Gasteiger partial charge in [0, 0.05) is 12.7 Å². The van der Waals surface area contributed by atoms with Gasteiger partial charge in [0.2, 0.25) is 19.6 Å². The van der Waals surface area contributed by atoms with E-state index in [2.05, 4.69) is 0 Å². The number of carbonyl (C=O) groups is 3. The summed E-state index contributed by atoms with van der Waals surface area (Å²) in [6, 6.07) is 8.62. The van der Waals surface area contributed by atoms with E-state index in [1.807, 2.05) is 30.3 Å². The number of carboxylic acids is 1. The Kier molecular flexibility index (Phi) is 11.2. The van der Waals surface area contributed by atoms with Crippen LogP contribution in [0.15, 0.2) is 30.3 Å². The van der Waals surface area contributed by atoms with Crippen molar-refractivity contribution in [3.05, 3.63) is 35.9 Å². The molecule has 13 heteroatoms. The number of carboxylic acid groups (broad SMARTS) is 1. The van der Waals surface area contributed by atoms with Crippen molar-refractivity contribution in [3.8, 4) is 0 Å². The minimum Gasteiger partial charge on any atom is -0.479 e. The fourth-order valence-corrected chi connectivity index (χ4v) is 7.85. The summed E-state index contributed by atoms with van der Waals surface area (Å²) >= 11 is 0. The van der Waals surface area contributed by atoms with Crippen molar-refractivity contribution in [1.82, 2.24) is 4.90 Å². The molecule has 5 N–H and O–H groups in total. The first kappa shape index (κ1) is 32.6. The molecule has 1 aromatic rings. The Morgan fingerprint density at radius 1 is 0.952 bits per heavy atom. The van der Waals surface area contributed by atoms with Crippen molar-refractivity contribution in [2.45, 2.75) is 94.5 Å². The maximum Gasteiger partial charge on any atom is 0.335 e. The van der Waals surface area contributed by atoms with Gasteiger partial charge >= 0.3 is 11.9 Å². The average molecular weight is 612 g/mol. The van der Waals surface area contributed by atoms with Crippen LogP contribution in [-0.2, 0) is 34.8 Å². The molecule has 1 aliphatic carbocycles. The Balaban J connectivity index is 1.41. The Bertz CT molecular complexity index is 1130. The molecule has 2 saturated heterocycles. The van der Waals surface area contributed by atoms with Gasteiger partial charge < -0.3 is 39.7 Å². The molecule has 12 nitrogen and oxygen atoms in total. The number of esters is 1. The number of aliphatic hydroxyl groups is 3. The minimum absolute atomic E-state index is 0.0283. The van der Waals surface area contributed by atoms with Crippen molar-refractivity contribution >= 4 is 25.2 Å². The summed E-state index contributed by atoms with van der Waals surface area (Å²) in [6.45, 7) is 0.213. The quantitative estimate of drug-likeness (QED) is 0.138. The highest BCUT2D eigenvalue weighted by Gasteiger charge is 2.51. The smallest absolute Gasteiger partial charge is 0.335 e. The summed E-state index contributed by atoms with van der Waals surface area (Å²) < 4.78 is 23.4. The van der Waals surface area contributed by atoms with Crippen LogP contribution in [0.25, 0.3) is 0 Å². The van der Waals surface area contributed by atoms with Gasteiger partial charge in [-0.3, -0.25) is 9.36 Å². The van der Waals surface area contributed by atoms with E-state index in [4.69, 9.17) is 9.47 Å². The molecule has 234 valence electrons. The molecule has 3 fully saturated rings. The molecular weight excluding hydrogens is 569 g/mol. The lowest BCUT2D eigenvalue weighted by molar-refractivity contribution is -0.287. The van der Waals surface area contributed by atoms with Crippen LogP contribution in [0, 0.1) is 11.8 Å². The van der Waals surface area contributed by atoms with Gasteiger partial charge in [0.15, 0.2) is 6.10 Å². The topological polar surface area (TPSA) is 191 Å². The van der Waals surface area contributed by atoms with Gasteiger partial charge in [-0.25, -0.2) is 9.59 Å². The number of benzene rings is 1. The molecule has 1 aromatic carbocycles. The Morgan fingerprint density at radius 3 is 2.31 bits per heavy atom. The first-order valence-electron chi connectivity index (χ1n) is 14.7. The second-order valence-electron chi connectivity index (χ2n) is 11.8. The molecule has 2 aliphatic heterocycles. The molecule has 42 heavy (non-hydrogen) atoms. The number of rotatable bonds is 11. The number of nitrogens with zero attached hydrogens (tertiary/aromatic N) is 1. The molecule has 3 aliphatic rings. The molecular formula is C29H42NO11P. The predicted octanol–water partition coefficient (Wildman–Crippen LogP) is 1.51. The Morgan fingerprint density at radius 2 is 1.64 bits per heavy atom. The Hall–Kier alpha value is -2.34. The number of amides is 1. The summed E-state index contributed by atoms with van der Waals surface area (Å²) in [4.78, 5) is 50.1. The van der Waals surface area contributed by atoms with Crippen LogP contribution in [0.1, 0.15) is 56.9 Å². The van der Waals surface area contributed by atoms with Crippen molar-refractivity contribution < 1.29 is 53.7 Å². The van der Waals surface area contributed by atoms with Gasteiger partial charge in [-0.2, -0.15) is 0 Å².